The molecule has 130 valence electrons. The summed E-state index contributed by atoms with van der Waals surface area (Å²) in [5.41, 5.74) is 9.07. The van der Waals surface area contributed by atoms with Gasteiger partial charge in [-0.25, -0.2) is 4.79 Å². The van der Waals surface area contributed by atoms with E-state index < -0.39 is 0 Å². The molecule has 0 spiro atoms. The number of anilines is 1. The van der Waals surface area contributed by atoms with Gasteiger partial charge in [0.2, 0.25) is 0 Å². The van der Waals surface area contributed by atoms with Crippen LogP contribution in [-0.4, -0.2) is 35.6 Å². The van der Waals surface area contributed by atoms with Gasteiger partial charge in [-0.3, -0.25) is 10.9 Å². The van der Waals surface area contributed by atoms with Gasteiger partial charge in [-0.1, -0.05) is 18.6 Å². The average molecular weight is 328 g/mol. The third kappa shape index (κ3) is 2.91. The SMILES string of the molecule is Cc1cccc(NC(=O)N2CC3C(CC2C)NNC3C2CCC2)c1. The van der Waals surface area contributed by atoms with Crippen molar-refractivity contribution in [2.24, 2.45) is 11.8 Å². The van der Waals surface area contributed by atoms with Gasteiger partial charge in [0.15, 0.2) is 0 Å². The number of hydrazine groups is 1. The van der Waals surface area contributed by atoms with Crippen LogP contribution < -0.4 is 16.2 Å². The zero-order valence-electron chi connectivity index (χ0n) is 14.6. The first kappa shape index (κ1) is 15.9. The molecule has 5 heteroatoms. The van der Waals surface area contributed by atoms with E-state index in [0.717, 1.165) is 30.1 Å². The van der Waals surface area contributed by atoms with Gasteiger partial charge in [-0.05, 0) is 56.7 Å². The highest BCUT2D eigenvalue weighted by Crippen LogP contribution is 2.38. The van der Waals surface area contributed by atoms with Crippen LogP contribution in [0.15, 0.2) is 24.3 Å². The lowest BCUT2D eigenvalue weighted by atomic mass is 9.72. The van der Waals surface area contributed by atoms with Gasteiger partial charge < -0.3 is 10.2 Å². The molecule has 3 fully saturated rings. The Labute approximate surface area is 144 Å². The number of nitrogens with one attached hydrogen (secondary N) is 3. The lowest BCUT2D eigenvalue weighted by Crippen LogP contribution is -2.55. The maximum atomic E-state index is 12.8. The smallest absolute Gasteiger partial charge is 0.321 e. The van der Waals surface area contributed by atoms with E-state index in [1.54, 1.807) is 0 Å². The highest BCUT2D eigenvalue weighted by atomic mass is 16.2. The Hall–Kier alpha value is -1.59. The number of fused-ring (bicyclic) bond motifs is 1. The van der Waals surface area contributed by atoms with Crippen LogP contribution in [0, 0.1) is 18.8 Å². The van der Waals surface area contributed by atoms with Crippen molar-refractivity contribution >= 4 is 11.7 Å². The number of hydrogen-bond acceptors (Lipinski definition) is 3. The maximum absolute atomic E-state index is 12.8. The van der Waals surface area contributed by atoms with Crippen LogP contribution in [0.2, 0.25) is 0 Å². The first-order valence-corrected chi connectivity index (χ1v) is 9.27. The van der Waals surface area contributed by atoms with Crippen LogP contribution >= 0.6 is 0 Å². The minimum atomic E-state index is 0.0332. The fraction of sp³-hybridized carbons (Fsp3) is 0.632. The number of likely N-dealkylation sites (tertiary alicyclic amines) is 1. The van der Waals surface area contributed by atoms with Crippen molar-refractivity contribution in [3.8, 4) is 0 Å². The van der Waals surface area contributed by atoms with E-state index in [9.17, 15) is 4.79 Å². The molecule has 4 atom stereocenters. The summed E-state index contributed by atoms with van der Waals surface area (Å²) >= 11 is 0. The molecule has 3 N–H and O–H groups in total. The summed E-state index contributed by atoms with van der Waals surface area (Å²) in [6.45, 7) is 5.04. The summed E-state index contributed by atoms with van der Waals surface area (Å²) < 4.78 is 0. The molecule has 1 saturated carbocycles. The number of carbonyl (C=O) groups is 1. The van der Waals surface area contributed by atoms with E-state index in [0.29, 0.717) is 18.0 Å². The van der Waals surface area contributed by atoms with Crippen molar-refractivity contribution in [2.75, 3.05) is 11.9 Å². The molecule has 0 radical (unpaired) electrons. The molecule has 0 bridgehead atoms. The van der Waals surface area contributed by atoms with E-state index in [2.05, 4.69) is 23.1 Å². The number of piperidine rings is 1. The average Bonchev–Trinajstić information content (AvgIpc) is 2.87. The van der Waals surface area contributed by atoms with E-state index in [4.69, 9.17) is 0 Å². The normalized spacial score (nSPS) is 33.0. The minimum absolute atomic E-state index is 0.0332. The Balaban J connectivity index is 1.45. The summed E-state index contributed by atoms with van der Waals surface area (Å²) in [4.78, 5) is 14.8. The minimum Gasteiger partial charge on any atom is -0.321 e. The summed E-state index contributed by atoms with van der Waals surface area (Å²) in [7, 11) is 0. The first-order chi connectivity index (χ1) is 11.6. The van der Waals surface area contributed by atoms with Crippen molar-refractivity contribution in [3.63, 3.8) is 0 Å². The van der Waals surface area contributed by atoms with Crippen LogP contribution in [0.4, 0.5) is 10.5 Å². The van der Waals surface area contributed by atoms with Crippen LogP contribution in [0.3, 0.4) is 0 Å². The zero-order valence-corrected chi connectivity index (χ0v) is 14.6. The quantitative estimate of drug-likeness (QED) is 0.782. The standard InChI is InChI=1S/C19H28N4O/c1-12-5-3-8-15(9-12)20-19(24)23-11-16-17(10-13(23)2)21-22-18(16)14-6-4-7-14/h3,5,8-9,13-14,16-18,21-22H,4,6-7,10-11H2,1-2H3,(H,20,24). The number of urea groups is 1. The first-order valence-electron chi connectivity index (χ1n) is 9.27. The Morgan fingerprint density at radius 1 is 1.29 bits per heavy atom. The van der Waals surface area contributed by atoms with Crippen LogP contribution in [0.25, 0.3) is 0 Å². The molecule has 24 heavy (non-hydrogen) atoms. The fourth-order valence-corrected chi connectivity index (χ4v) is 4.51. The van der Waals surface area contributed by atoms with E-state index >= 15 is 0 Å². The number of rotatable bonds is 2. The van der Waals surface area contributed by atoms with Crippen molar-refractivity contribution in [1.29, 1.82) is 0 Å². The molecule has 4 unspecified atom stereocenters. The number of amides is 2. The van der Waals surface area contributed by atoms with E-state index in [1.165, 1.54) is 19.3 Å². The second-order valence-electron chi connectivity index (χ2n) is 7.81. The lowest BCUT2D eigenvalue weighted by molar-refractivity contribution is 0.108. The zero-order chi connectivity index (χ0) is 16.7. The second kappa shape index (κ2) is 6.37. The molecule has 1 aromatic carbocycles. The van der Waals surface area contributed by atoms with Gasteiger partial charge in [0.25, 0.3) is 0 Å². The Morgan fingerprint density at radius 3 is 2.83 bits per heavy atom. The monoisotopic (exact) mass is 328 g/mol. The number of carbonyl (C=O) groups excluding carboxylic acids is 1. The molecule has 2 aliphatic heterocycles. The molecule has 4 rings (SSSR count). The number of aryl methyl sites for hydroxylation is 1. The van der Waals surface area contributed by atoms with Gasteiger partial charge in [-0.2, -0.15) is 0 Å². The largest absolute Gasteiger partial charge is 0.322 e. The highest BCUT2D eigenvalue weighted by Gasteiger charge is 2.47. The molecule has 1 aromatic rings. The Kier molecular flexibility index (Phi) is 4.22. The summed E-state index contributed by atoms with van der Waals surface area (Å²) in [6, 6.07) is 9.31. The van der Waals surface area contributed by atoms with Crippen LogP contribution in [0.1, 0.15) is 38.2 Å². The number of hydrogen-bond donors (Lipinski definition) is 3. The second-order valence-corrected chi connectivity index (χ2v) is 7.81. The van der Waals surface area contributed by atoms with E-state index in [-0.39, 0.29) is 12.1 Å². The summed E-state index contributed by atoms with van der Waals surface area (Å²) in [5.74, 6) is 1.30. The van der Waals surface area contributed by atoms with Crippen molar-refractivity contribution in [3.05, 3.63) is 29.8 Å². The summed E-state index contributed by atoms with van der Waals surface area (Å²) in [6.07, 6.45) is 5.03. The van der Waals surface area contributed by atoms with Gasteiger partial charge >= 0.3 is 6.03 Å². The molecule has 0 aromatic heterocycles. The van der Waals surface area contributed by atoms with Gasteiger partial charge in [0.1, 0.15) is 0 Å². The molecule has 2 heterocycles. The molecule has 3 aliphatic rings. The summed E-state index contributed by atoms with van der Waals surface area (Å²) in [5, 5.41) is 3.08. The van der Waals surface area contributed by atoms with Gasteiger partial charge in [-0.15, -0.1) is 0 Å². The lowest BCUT2D eigenvalue weighted by Gasteiger charge is -2.43. The van der Waals surface area contributed by atoms with Crippen molar-refractivity contribution in [2.45, 2.75) is 57.7 Å². The molecule has 2 amide bonds. The van der Waals surface area contributed by atoms with Crippen LogP contribution in [0.5, 0.6) is 0 Å². The predicted octanol–water partition coefficient (Wildman–Crippen LogP) is 2.88. The Morgan fingerprint density at radius 2 is 2.12 bits per heavy atom. The molecular weight excluding hydrogens is 300 g/mol. The molecule has 5 nitrogen and oxygen atoms in total. The maximum Gasteiger partial charge on any atom is 0.322 e. The molecular formula is C19H28N4O. The van der Waals surface area contributed by atoms with Gasteiger partial charge in [0.05, 0.1) is 0 Å². The van der Waals surface area contributed by atoms with E-state index in [1.807, 2.05) is 36.1 Å². The van der Waals surface area contributed by atoms with Crippen LogP contribution in [-0.2, 0) is 0 Å². The predicted molar refractivity (Wildman–Crippen MR) is 95.7 cm³/mol. The number of nitrogens with zero attached hydrogens (tertiary/aromatic N) is 1. The third-order valence-electron chi connectivity index (χ3n) is 6.14. The highest BCUT2D eigenvalue weighted by molar-refractivity contribution is 5.89. The number of benzene rings is 1. The van der Waals surface area contributed by atoms with Gasteiger partial charge in [0, 0.05) is 36.3 Å². The molecule has 1 aliphatic carbocycles. The van der Waals surface area contributed by atoms with Crippen molar-refractivity contribution < 1.29 is 4.79 Å². The molecule has 2 saturated heterocycles. The van der Waals surface area contributed by atoms with Crippen molar-refractivity contribution in [1.82, 2.24) is 15.8 Å². The third-order valence-corrected chi connectivity index (χ3v) is 6.14. The fourth-order valence-electron chi connectivity index (χ4n) is 4.51. The Bertz CT molecular complexity index is 615. The topological polar surface area (TPSA) is 56.4 Å².